The maximum Gasteiger partial charge on any atom is 0.337 e. The molecule has 0 amide bonds. The van der Waals surface area contributed by atoms with Crippen molar-refractivity contribution in [3.05, 3.63) is 28.3 Å². The zero-order chi connectivity index (χ0) is 11.6. The fourth-order valence-electron chi connectivity index (χ4n) is 1.29. The van der Waals surface area contributed by atoms with Crippen molar-refractivity contribution in [2.45, 2.75) is 13.0 Å². The molecule has 1 unspecified atom stereocenters. The molecular weight excluding hydrogens is 220 g/mol. The number of halogens is 1. The third-order valence-corrected chi connectivity index (χ3v) is 2.48. The summed E-state index contributed by atoms with van der Waals surface area (Å²) < 4.78 is 4.93. The molecule has 0 fully saturated rings. The van der Waals surface area contributed by atoms with E-state index in [1.165, 1.54) is 7.11 Å². The molecule has 0 saturated carbocycles. The number of aliphatic carboxylic acids is 1. The average Bonchev–Trinajstić information content (AvgIpc) is 2.17. The second-order valence-electron chi connectivity index (χ2n) is 3.05. The minimum absolute atomic E-state index is 0.132. The molecule has 4 nitrogen and oxygen atoms in total. The van der Waals surface area contributed by atoms with Gasteiger partial charge < -0.3 is 14.9 Å². The van der Waals surface area contributed by atoms with Crippen molar-refractivity contribution in [2.24, 2.45) is 0 Å². The molecule has 1 aromatic rings. The Labute approximate surface area is 92.1 Å². The predicted molar refractivity (Wildman–Crippen MR) is 55.3 cm³/mol. The van der Waals surface area contributed by atoms with Crippen molar-refractivity contribution in [1.29, 1.82) is 0 Å². The van der Waals surface area contributed by atoms with Crippen LogP contribution in [0.1, 0.15) is 17.2 Å². The van der Waals surface area contributed by atoms with Gasteiger partial charge in [0.25, 0.3) is 0 Å². The number of carbonyl (C=O) groups is 1. The van der Waals surface area contributed by atoms with Crippen LogP contribution in [0.25, 0.3) is 0 Å². The summed E-state index contributed by atoms with van der Waals surface area (Å²) >= 11 is 5.90. The number of aliphatic hydroxyl groups is 1. The van der Waals surface area contributed by atoms with Gasteiger partial charge in [-0.05, 0) is 18.6 Å². The van der Waals surface area contributed by atoms with Crippen LogP contribution in [0.15, 0.2) is 12.1 Å². The van der Waals surface area contributed by atoms with E-state index in [1.807, 2.05) is 0 Å². The van der Waals surface area contributed by atoms with Crippen molar-refractivity contribution in [2.75, 3.05) is 7.11 Å². The van der Waals surface area contributed by atoms with Crippen LogP contribution >= 0.6 is 11.6 Å². The third kappa shape index (κ3) is 2.22. The second-order valence-corrected chi connectivity index (χ2v) is 3.43. The standard InChI is InChI=1S/C10H11ClO4/c1-5-3-4-6(15-2)8(11)7(5)9(12)10(13)14/h3-4,9,12H,1-2H3,(H,13,14). The summed E-state index contributed by atoms with van der Waals surface area (Å²) in [4.78, 5) is 10.7. The van der Waals surface area contributed by atoms with Crippen molar-refractivity contribution >= 4 is 17.6 Å². The van der Waals surface area contributed by atoms with E-state index in [1.54, 1.807) is 19.1 Å². The van der Waals surface area contributed by atoms with Gasteiger partial charge in [0, 0.05) is 5.56 Å². The zero-order valence-electron chi connectivity index (χ0n) is 8.32. The first-order chi connectivity index (χ1) is 6.99. The highest BCUT2D eigenvalue weighted by atomic mass is 35.5. The van der Waals surface area contributed by atoms with Gasteiger partial charge in [-0.1, -0.05) is 17.7 Å². The topological polar surface area (TPSA) is 66.8 Å². The molecule has 0 aliphatic heterocycles. The minimum atomic E-state index is -1.63. The van der Waals surface area contributed by atoms with Crippen LogP contribution in [0.2, 0.25) is 5.02 Å². The number of rotatable bonds is 3. The van der Waals surface area contributed by atoms with Gasteiger partial charge in [0.15, 0.2) is 6.10 Å². The minimum Gasteiger partial charge on any atom is -0.495 e. The van der Waals surface area contributed by atoms with Crippen LogP contribution in [0.4, 0.5) is 0 Å². The summed E-state index contributed by atoms with van der Waals surface area (Å²) in [7, 11) is 1.42. The van der Waals surface area contributed by atoms with Crippen molar-refractivity contribution in [1.82, 2.24) is 0 Å². The van der Waals surface area contributed by atoms with E-state index < -0.39 is 12.1 Å². The van der Waals surface area contributed by atoms with Gasteiger partial charge in [0.2, 0.25) is 0 Å². The summed E-state index contributed by atoms with van der Waals surface area (Å²) in [6, 6.07) is 3.27. The average molecular weight is 231 g/mol. The largest absolute Gasteiger partial charge is 0.495 e. The highest BCUT2D eigenvalue weighted by Crippen LogP contribution is 2.34. The summed E-state index contributed by atoms with van der Waals surface area (Å²) in [6.07, 6.45) is -1.63. The molecule has 15 heavy (non-hydrogen) atoms. The normalized spacial score (nSPS) is 12.3. The lowest BCUT2D eigenvalue weighted by atomic mass is 10.0. The number of aliphatic hydroxyl groups excluding tert-OH is 1. The number of methoxy groups -OCH3 is 1. The lowest BCUT2D eigenvalue weighted by Crippen LogP contribution is -2.12. The number of hydrogen-bond donors (Lipinski definition) is 2. The molecule has 0 aliphatic carbocycles. The Hall–Kier alpha value is -1.26. The van der Waals surface area contributed by atoms with E-state index in [0.717, 1.165) is 0 Å². The fourth-order valence-corrected chi connectivity index (χ4v) is 1.68. The molecule has 0 aromatic heterocycles. The molecule has 5 heteroatoms. The number of carboxylic acids is 1. The first-order valence-corrected chi connectivity index (χ1v) is 4.60. The van der Waals surface area contributed by atoms with E-state index in [4.69, 9.17) is 21.4 Å². The van der Waals surface area contributed by atoms with Crippen LogP contribution in [-0.2, 0) is 4.79 Å². The van der Waals surface area contributed by atoms with Crippen LogP contribution in [0, 0.1) is 6.92 Å². The van der Waals surface area contributed by atoms with Crippen LogP contribution in [0.5, 0.6) is 5.75 Å². The molecule has 0 heterocycles. The number of benzene rings is 1. The van der Waals surface area contributed by atoms with E-state index in [2.05, 4.69) is 0 Å². The Balaban J connectivity index is 3.32. The van der Waals surface area contributed by atoms with Gasteiger partial charge in [-0.15, -0.1) is 0 Å². The van der Waals surface area contributed by atoms with Crippen LogP contribution in [0.3, 0.4) is 0 Å². The first kappa shape index (κ1) is 11.8. The number of ether oxygens (including phenoxy) is 1. The molecule has 0 bridgehead atoms. The third-order valence-electron chi connectivity index (χ3n) is 2.09. The van der Waals surface area contributed by atoms with E-state index >= 15 is 0 Å². The Morgan fingerprint density at radius 3 is 2.60 bits per heavy atom. The van der Waals surface area contributed by atoms with E-state index in [0.29, 0.717) is 11.3 Å². The Morgan fingerprint density at radius 1 is 1.53 bits per heavy atom. The summed E-state index contributed by atoms with van der Waals surface area (Å²) in [6.45, 7) is 1.67. The molecule has 0 spiro atoms. The zero-order valence-corrected chi connectivity index (χ0v) is 9.08. The first-order valence-electron chi connectivity index (χ1n) is 4.23. The molecule has 0 radical (unpaired) electrons. The van der Waals surface area contributed by atoms with Gasteiger partial charge in [0.05, 0.1) is 12.1 Å². The van der Waals surface area contributed by atoms with Crippen LogP contribution in [-0.4, -0.2) is 23.3 Å². The van der Waals surface area contributed by atoms with Crippen LogP contribution < -0.4 is 4.74 Å². The van der Waals surface area contributed by atoms with Gasteiger partial charge in [0.1, 0.15) is 5.75 Å². The smallest absolute Gasteiger partial charge is 0.337 e. The Bertz CT molecular complexity index is 389. The highest BCUT2D eigenvalue weighted by Gasteiger charge is 2.23. The fraction of sp³-hybridized carbons (Fsp3) is 0.300. The number of carboxylic acid groups (broad SMARTS) is 1. The van der Waals surface area contributed by atoms with E-state index in [9.17, 15) is 9.90 Å². The monoisotopic (exact) mass is 230 g/mol. The molecule has 1 rings (SSSR count). The maximum atomic E-state index is 10.7. The lowest BCUT2D eigenvalue weighted by molar-refractivity contribution is -0.147. The Morgan fingerprint density at radius 2 is 2.13 bits per heavy atom. The molecule has 1 atom stereocenters. The maximum absolute atomic E-state index is 10.7. The summed E-state index contributed by atoms with van der Waals surface area (Å²) in [5.41, 5.74) is 0.777. The lowest BCUT2D eigenvalue weighted by Gasteiger charge is -2.14. The molecule has 82 valence electrons. The van der Waals surface area contributed by atoms with Gasteiger partial charge >= 0.3 is 5.97 Å². The van der Waals surface area contributed by atoms with Gasteiger partial charge in [-0.25, -0.2) is 4.79 Å². The van der Waals surface area contributed by atoms with Gasteiger partial charge in [-0.3, -0.25) is 0 Å². The quantitative estimate of drug-likeness (QED) is 0.831. The predicted octanol–water partition coefficient (Wildman–Crippen LogP) is 1.78. The van der Waals surface area contributed by atoms with Crippen molar-refractivity contribution in [3.63, 3.8) is 0 Å². The molecule has 0 aliphatic rings. The highest BCUT2D eigenvalue weighted by molar-refractivity contribution is 6.33. The van der Waals surface area contributed by atoms with Gasteiger partial charge in [-0.2, -0.15) is 0 Å². The Kier molecular flexibility index (Phi) is 3.55. The van der Waals surface area contributed by atoms with Crippen molar-refractivity contribution < 1.29 is 19.7 Å². The SMILES string of the molecule is COc1ccc(C)c(C(O)C(=O)O)c1Cl. The second kappa shape index (κ2) is 4.51. The molecule has 1 aromatic carbocycles. The summed E-state index contributed by atoms with van der Waals surface area (Å²) in [5, 5.41) is 18.3. The van der Waals surface area contributed by atoms with Crippen molar-refractivity contribution in [3.8, 4) is 5.75 Å². The van der Waals surface area contributed by atoms with E-state index in [-0.39, 0.29) is 10.6 Å². The number of aryl methyl sites for hydroxylation is 1. The molecule has 0 saturated heterocycles. The molecular formula is C10H11ClO4. The number of hydrogen-bond acceptors (Lipinski definition) is 3. The summed E-state index contributed by atoms with van der Waals surface area (Å²) in [5.74, 6) is -0.995. The molecule has 2 N–H and O–H groups in total.